The van der Waals surface area contributed by atoms with Crippen molar-refractivity contribution in [3.8, 4) is 6.07 Å². The smallest absolute Gasteiger partial charge is 0.256 e. The number of thiophene rings is 1. The SMILES string of the molecule is C=CC(=O)N1CCN2C(=O)c3cc(F)c(/C(C=C)=c4\c(C#N)c(N)s\c4=C/F)c4ncn(c34)CC[C@H]2C1. The highest BCUT2D eigenvalue weighted by Crippen LogP contribution is 2.33. The molecule has 11 heteroatoms. The monoisotopic (exact) mass is 520 g/mol. The number of benzene rings is 1. The summed E-state index contributed by atoms with van der Waals surface area (Å²) in [6.45, 7) is 8.81. The van der Waals surface area contributed by atoms with Crippen molar-refractivity contribution in [1.29, 1.82) is 5.26 Å². The molecule has 1 saturated heterocycles. The van der Waals surface area contributed by atoms with Crippen LogP contribution in [-0.4, -0.2) is 56.8 Å². The molecule has 2 amide bonds. The number of nitrogens with zero attached hydrogens (tertiary/aromatic N) is 5. The second kappa shape index (κ2) is 9.29. The number of halogens is 2. The van der Waals surface area contributed by atoms with Crippen molar-refractivity contribution in [3.05, 3.63) is 70.0 Å². The van der Waals surface area contributed by atoms with Gasteiger partial charge in [0.25, 0.3) is 5.91 Å². The largest absolute Gasteiger partial charge is 0.389 e. The minimum absolute atomic E-state index is 0.0104. The number of nitrogen functional groups attached to an aromatic ring is 1. The lowest BCUT2D eigenvalue weighted by Gasteiger charge is -2.42. The van der Waals surface area contributed by atoms with E-state index in [4.69, 9.17) is 5.73 Å². The van der Waals surface area contributed by atoms with Gasteiger partial charge in [-0.2, -0.15) is 5.26 Å². The number of rotatable bonds is 3. The third-order valence-corrected chi connectivity index (χ3v) is 7.86. The first-order valence-electron chi connectivity index (χ1n) is 11.5. The van der Waals surface area contributed by atoms with Crippen LogP contribution in [0.2, 0.25) is 0 Å². The second-order valence-electron chi connectivity index (χ2n) is 8.76. The number of nitriles is 1. The van der Waals surface area contributed by atoms with Gasteiger partial charge in [0.2, 0.25) is 5.91 Å². The molecule has 4 heterocycles. The number of hydrogen-bond donors (Lipinski definition) is 1. The molecule has 2 aromatic heterocycles. The quantitative estimate of drug-likeness (QED) is 0.532. The summed E-state index contributed by atoms with van der Waals surface area (Å²) in [5.41, 5.74) is 6.91. The topological polar surface area (TPSA) is 108 Å². The van der Waals surface area contributed by atoms with E-state index >= 15 is 4.39 Å². The van der Waals surface area contributed by atoms with Gasteiger partial charge in [0.15, 0.2) is 0 Å². The molecule has 2 aliphatic rings. The van der Waals surface area contributed by atoms with Crippen LogP contribution in [0, 0.1) is 17.1 Å². The number of imidazole rings is 1. The molecule has 188 valence electrons. The van der Waals surface area contributed by atoms with Crippen molar-refractivity contribution in [2.24, 2.45) is 0 Å². The molecule has 0 saturated carbocycles. The van der Waals surface area contributed by atoms with Crippen LogP contribution in [0.25, 0.3) is 22.9 Å². The standard InChI is InChI=1S/C26H22F2N6O2S/c1-3-15(21-17(11-29)25(30)37-19(21)10-27)22-18(28)9-16-24-23(22)31-13-33(24)6-5-14-12-32(20(35)4-2)7-8-34(14)26(16)36/h3-4,9-10,13-14H,1-2,5-8,12,30H2/b19-10-,21-15+/t14-/m0/s1. The molecule has 0 bridgehead atoms. The summed E-state index contributed by atoms with van der Waals surface area (Å²) < 4.78 is 31.5. The van der Waals surface area contributed by atoms with E-state index in [9.17, 15) is 19.2 Å². The number of carbonyl (C=O) groups excluding carboxylic acids is 2. The average Bonchev–Trinajstić information content (AvgIpc) is 3.47. The van der Waals surface area contributed by atoms with Crippen LogP contribution in [0.1, 0.15) is 27.9 Å². The molecule has 0 aliphatic carbocycles. The minimum atomic E-state index is -0.757. The van der Waals surface area contributed by atoms with Gasteiger partial charge in [-0.15, -0.1) is 11.3 Å². The fourth-order valence-electron chi connectivity index (χ4n) is 5.21. The van der Waals surface area contributed by atoms with Gasteiger partial charge in [-0.25, -0.2) is 13.8 Å². The Hall–Kier alpha value is -4.30. The Kier molecular flexibility index (Phi) is 6.13. The molecule has 1 aromatic carbocycles. The number of hydrogen-bond acceptors (Lipinski definition) is 6. The molecule has 8 nitrogen and oxygen atoms in total. The van der Waals surface area contributed by atoms with E-state index in [1.54, 1.807) is 14.4 Å². The van der Waals surface area contributed by atoms with Crippen molar-refractivity contribution in [3.63, 3.8) is 0 Å². The number of amides is 2. The molecule has 3 aromatic rings. The lowest BCUT2D eigenvalue weighted by molar-refractivity contribution is -0.128. The predicted molar refractivity (Wildman–Crippen MR) is 137 cm³/mol. The number of anilines is 1. The molecule has 1 fully saturated rings. The fourth-order valence-corrected chi connectivity index (χ4v) is 6.06. The van der Waals surface area contributed by atoms with Crippen LogP contribution in [0.3, 0.4) is 0 Å². The normalized spacial score (nSPS) is 18.7. The number of carbonyl (C=O) groups is 2. The van der Waals surface area contributed by atoms with E-state index in [1.807, 2.05) is 6.07 Å². The molecule has 5 rings (SSSR count). The van der Waals surface area contributed by atoms with E-state index in [1.165, 1.54) is 18.5 Å². The van der Waals surface area contributed by atoms with Gasteiger partial charge in [-0.1, -0.05) is 19.2 Å². The first kappa shape index (κ1) is 24.4. The van der Waals surface area contributed by atoms with E-state index in [2.05, 4.69) is 18.1 Å². The molecule has 2 aliphatic heterocycles. The molecule has 0 unspecified atom stereocenters. The Morgan fingerprint density at radius 2 is 2.08 bits per heavy atom. The molecule has 1 atom stereocenters. The molecular formula is C26H22F2N6O2S. The fraction of sp³-hybridized carbons (Fsp3) is 0.231. The third kappa shape index (κ3) is 3.72. The maximum atomic E-state index is 15.9. The molecular weight excluding hydrogens is 498 g/mol. The highest BCUT2D eigenvalue weighted by Gasteiger charge is 2.36. The summed E-state index contributed by atoms with van der Waals surface area (Å²) >= 11 is 0.875. The number of aryl methyl sites for hydroxylation is 1. The molecule has 37 heavy (non-hydrogen) atoms. The zero-order valence-corrected chi connectivity index (χ0v) is 20.5. The van der Waals surface area contributed by atoms with Gasteiger partial charge in [-0.3, -0.25) is 9.59 Å². The van der Waals surface area contributed by atoms with Gasteiger partial charge in [0, 0.05) is 37.0 Å². The first-order valence-corrected chi connectivity index (χ1v) is 12.3. The Bertz CT molecular complexity index is 1660. The third-order valence-electron chi connectivity index (χ3n) is 6.92. The lowest BCUT2D eigenvalue weighted by Crippen LogP contribution is -2.57. The van der Waals surface area contributed by atoms with E-state index in [-0.39, 0.29) is 60.4 Å². The van der Waals surface area contributed by atoms with Crippen LogP contribution >= 0.6 is 11.3 Å². The number of fused-ring (bicyclic) bond motifs is 1. The van der Waals surface area contributed by atoms with Gasteiger partial charge in [0.1, 0.15) is 28.7 Å². The summed E-state index contributed by atoms with van der Waals surface area (Å²) in [7, 11) is 0. The van der Waals surface area contributed by atoms with E-state index in [0.29, 0.717) is 44.4 Å². The van der Waals surface area contributed by atoms with Crippen LogP contribution < -0.4 is 15.5 Å². The highest BCUT2D eigenvalue weighted by atomic mass is 32.1. The number of allylic oxidation sites excluding steroid dienone is 1. The van der Waals surface area contributed by atoms with Crippen LogP contribution in [0.4, 0.5) is 13.8 Å². The maximum Gasteiger partial charge on any atom is 0.256 e. The highest BCUT2D eigenvalue weighted by molar-refractivity contribution is 7.14. The Balaban J connectivity index is 1.73. The molecule has 2 N–H and O–H groups in total. The Morgan fingerprint density at radius 3 is 2.76 bits per heavy atom. The molecule has 0 spiro atoms. The summed E-state index contributed by atoms with van der Waals surface area (Å²) in [4.78, 5) is 33.6. The summed E-state index contributed by atoms with van der Waals surface area (Å²) in [6.07, 6.45) is 5.01. The van der Waals surface area contributed by atoms with Crippen molar-refractivity contribution in [1.82, 2.24) is 19.4 Å². The Labute approximate surface area is 214 Å². The van der Waals surface area contributed by atoms with Gasteiger partial charge < -0.3 is 20.1 Å². The lowest BCUT2D eigenvalue weighted by atomic mass is 9.96. The second-order valence-corrected chi connectivity index (χ2v) is 9.85. The Morgan fingerprint density at radius 1 is 1.30 bits per heavy atom. The van der Waals surface area contributed by atoms with Crippen LogP contribution in [0.15, 0.2) is 37.7 Å². The van der Waals surface area contributed by atoms with Crippen LogP contribution in [0.5, 0.6) is 0 Å². The minimum Gasteiger partial charge on any atom is -0.389 e. The number of nitrogens with two attached hydrogens (primary N) is 1. The average molecular weight is 521 g/mol. The number of piperazine rings is 1. The predicted octanol–water partition coefficient (Wildman–Crippen LogP) is 2.03. The molecule has 0 radical (unpaired) electrons. The zero-order valence-electron chi connectivity index (χ0n) is 19.7. The van der Waals surface area contributed by atoms with Crippen molar-refractivity contribution in [2.75, 3.05) is 25.4 Å². The summed E-state index contributed by atoms with van der Waals surface area (Å²) in [5.74, 6) is -1.31. The van der Waals surface area contributed by atoms with E-state index in [0.717, 1.165) is 17.4 Å². The first-order chi connectivity index (χ1) is 17.8. The van der Waals surface area contributed by atoms with Crippen LogP contribution in [-0.2, 0) is 11.3 Å². The number of aromatic nitrogens is 2. The zero-order chi connectivity index (χ0) is 26.4. The van der Waals surface area contributed by atoms with Gasteiger partial charge in [-0.05, 0) is 24.1 Å². The van der Waals surface area contributed by atoms with Crippen molar-refractivity contribution in [2.45, 2.75) is 19.0 Å². The summed E-state index contributed by atoms with van der Waals surface area (Å²) in [5, 5.41) is 9.89. The maximum absolute atomic E-state index is 15.9. The van der Waals surface area contributed by atoms with Crippen molar-refractivity contribution < 1.29 is 18.4 Å². The summed E-state index contributed by atoms with van der Waals surface area (Å²) in [6, 6.07) is 2.88. The van der Waals surface area contributed by atoms with E-state index < -0.39 is 5.82 Å². The van der Waals surface area contributed by atoms with Gasteiger partial charge in [0.05, 0.1) is 33.5 Å². The van der Waals surface area contributed by atoms with Gasteiger partial charge >= 0.3 is 0 Å². The van der Waals surface area contributed by atoms with Crippen molar-refractivity contribution >= 4 is 51.1 Å².